The molecule has 0 saturated heterocycles. The number of nitrogen functional groups attached to an aromatic ring is 2. The van der Waals surface area contributed by atoms with Crippen molar-refractivity contribution in [1.82, 2.24) is 29.1 Å². The minimum atomic E-state index is -0.489. The van der Waals surface area contributed by atoms with Crippen LogP contribution in [0.1, 0.15) is 0 Å². The molecule has 0 aliphatic rings. The van der Waals surface area contributed by atoms with Crippen LogP contribution in [0.25, 0.3) is 11.2 Å². The summed E-state index contributed by atoms with van der Waals surface area (Å²) in [7, 11) is 0. The van der Waals surface area contributed by atoms with Gasteiger partial charge in [0.05, 0.1) is 6.33 Å². The number of aromatic nitrogens is 6. The molecule has 0 amide bonds. The van der Waals surface area contributed by atoms with Crippen molar-refractivity contribution >= 4 is 22.9 Å². The summed E-state index contributed by atoms with van der Waals surface area (Å²) < 4.78 is 2.50. The van der Waals surface area contributed by atoms with Gasteiger partial charge < -0.3 is 16.5 Å². The molecule has 0 radical (unpaired) electrons. The molecule has 0 aliphatic carbocycles. The molecule has 3 aromatic rings. The van der Waals surface area contributed by atoms with E-state index in [0.29, 0.717) is 0 Å². The lowest BCUT2D eigenvalue weighted by molar-refractivity contribution is 0.552. The van der Waals surface area contributed by atoms with E-state index in [1.807, 2.05) is 0 Å². The highest BCUT2D eigenvalue weighted by Crippen LogP contribution is 2.05. The van der Waals surface area contributed by atoms with Gasteiger partial charge in [-0.15, -0.1) is 0 Å². The second kappa shape index (κ2) is 4.74. The quantitative estimate of drug-likeness (QED) is 0.532. The van der Waals surface area contributed by atoms with Gasteiger partial charge in [-0.05, 0) is 6.07 Å². The number of H-pyrrole nitrogens is 1. The Hall–Kier alpha value is -3.17. The standard InChI is InChI=1S/C11H12N8O2/c12-6-1-2-14-11(21)18(6)3-4-19-9(20)7-8(16-5-15-7)17-10(19)13/h1-2,5H,3-4,12H2,(H2,13,17)(H,15,16). The summed E-state index contributed by atoms with van der Waals surface area (Å²) in [5.41, 5.74) is 11.1. The van der Waals surface area contributed by atoms with E-state index in [2.05, 4.69) is 19.9 Å². The van der Waals surface area contributed by atoms with Crippen molar-refractivity contribution in [1.29, 1.82) is 0 Å². The average molecular weight is 288 g/mol. The lowest BCUT2D eigenvalue weighted by Gasteiger charge is -2.11. The number of nitrogens with two attached hydrogens (primary N) is 2. The van der Waals surface area contributed by atoms with Crippen LogP contribution in [0.3, 0.4) is 0 Å². The van der Waals surface area contributed by atoms with Crippen LogP contribution in [0.15, 0.2) is 28.2 Å². The molecular weight excluding hydrogens is 276 g/mol. The van der Waals surface area contributed by atoms with Gasteiger partial charge in [0.1, 0.15) is 5.82 Å². The fourth-order valence-corrected chi connectivity index (χ4v) is 2.03. The second-order valence-corrected chi connectivity index (χ2v) is 4.33. The summed E-state index contributed by atoms with van der Waals surface area (Å²) in [6, 6.07) is 1.50. The Morgan fingerprint density at radius 2 is 1.90 bits per heavy atom. The average Bonchev–Trinajstić information content (AvgIpc) is 2.89. The molecule has 0 spiro atoms. The molecule has 0 unspecified atom stereocenters. The van der Waals surface area contributed by atoms with E-state index in [9.17, 15) is 9.59 Å². The molecular formula is C11H12N8O2. The summed E-state index contributed by atoms with van der Waals surface area (Å²) in [5, 5.41) is 0. The number of rotatable bonds is 3. The van der Waals surface area contributed by atoms with Crippen LogP contribution in [0, 0.1) is 0 Å². The van der Waals surface area contributed by atoms with Crippen molar-refractivity contribution in [2.24, 2.45) is 0 Å². The normalized spacial score (nSPS) is 11.0. The monoisotopic (exact) mass is 288 g/mol. The molecule has 3 heterocycles. The SMILES string of the molecule is Nc1ccnc(=O)n1CCn1c(N)nc2nc[nH]c2c1=O. The summed E-state index contributed by atoms with van der Waals surface area (Å²) in [5.74, 6) is 0.285. The summed E-state index contributed by atoms with van der Waals surface area (Å²) >= 11 is 0. The minimum absolute atomic E-state index is 0.0233. The Bertz CT molecular complexity index is 922. The third kappa shape index (κ3) is 2.12. The number of anilines is 2. The zero-order valence-corrected chi connectivity index (χ0v) is 10.9. The molecule has 0 saturated carbocycles. The van der Waals surface area contributed by atoms with Gasteiger partial charge in [-0.2, -0.15) is 4.98 Å². The molecule has 21 heavy (non-hydrogen) atoms. The molecule has 0 fully saturated rings. The predicted octanol–water partition coefficient (Wildman–Crippen LogP) is -1.46. The fraction of sp³-hybridized carbons (Fsp3) is 0.182. The molecule has 0 aliphatic heterocycles. The van der Waals surface area contributed by atoms with Gasteiger partial charge in [-0.25, -0.2) is 14.8 Å². The van der Waals surface area contributed by atoms with Crippen LogP contribution in [-0.4, -0.2) is 29.1 Å². The molecule has 0 atom stereocenters. The van der Waals surface area contributed by atoms with Crippen LogP contribution in [0.5, 0.6) is 0 Å². The predicted molar refractivity (Wildman–Crippen MR) is 75.5 cm³/mol. The number of nitrogens with zero attached hydrogens (tertiary/aromatic N) is 5. The van der Waals surface area contributed by atoms with Gasteiger partial charge in [0.25, 0.3) is 5.56 Å². The molecule has 0 bridgehead atoms. The van der Waals surface area contributed by atoms with Crippen LogP contribution in [0.4, 0.5) is 11.8 Å². The van der Waals surface area contributed by atoms with E-state index < -0.39 is 5.69 Å². The van der Waals surface area contributed by atoms with Crippen LogP contribution in [-0.2, 0) is 13.1 Å². The fourth-order valence-electron chi connectivity index (χ4n) is 2.03. The Labute approximate surface area is 117 Å². The third-order valence-electron chi connectivity index (χ3n) is 3.10. The molecule has 0 aromatic carbocycles. The van der Waals surface area contributed by atoms with Crippen LogP contribution >= 0.6 is 0 Å². The largest absolute Gasteiger partial charge is 0.385 e. The van der Waals surface area contributed by atoms with E-state index in [4.69, 9.17) is 11.5 Å². The number of nitrogens with one attached hydrogen (secondary N) is 1. The summed E-state index contributed by atoms with van der Waals surface area (Å²) in [4.78, 5) is 38.1. The van der Waals surface area contributed by atoms with Gasteiger partial charge in [0.2, 0.25) is 5.95 Å². The smallest absolute Gasteiger partial charge is 0.349 e. The van der Waals surface area contributed by atoms with Gasteiger partial charge in [-0.3, -0.25) is 13.9 Å². The first kappa shape index (κ1) is 12.8. The summed E-state index contributed by atoms with van der Waals surface area (Å²) in [6.45, 7) is 0.298. The molecule has 10 heteroatoms. The van der Waals surface area contributed by atoms with Crippen molar-refractivity contribution in [3.05, 3.63) is 39.4 Å². The number of fused-ring (bicyclic) bond motifs is 1. The maximum atomic E-state index is 12.2. The number of imidazole rings is 1. The maximum Gasteiger partial charge on any atom is 0.349 e. The van der Waals surface area contributed by atoms with Gasteiger partial charge in [0.15, 0.2) is 11.2 Å². The lowest BCUT2D eigenvalue weighted by Crippen LogP contribution is -2.31. The Kier molecular flexibility index (Phi) is 2.90. The van der Waals surface area contributed by atoms with E-state index in [-0.39, 0.29) is 41.6 Å². The van der Waals surface area contributed by atoms with E-state index in [0.717, 1.165) is 0 Å². The van der Waals surface area contributed by atoms with E-state index in [1.54, 1.807) is 0 Å². The zero-order valence-electron chi connectivity index (χ0n) is 10.9. The van der Waals surface area contributed by atoms with Crippen molar-refractivity contribution < 1.29 is 0 Å². The third-order valence-corrected chi connectivity index (χ3v) is 3.10. The maximum absolute atomic E-state index is 12.2. The van der Waals surface area contributed by atoms with E-state index >= 15 is 0 Å². The van der Waals surface area contributed by atoms with Gasteiger partial charge in [-0.1, -0.05) is 0 Å². The first-order valence-electron chi connectivity index (χ1n) is 6.08. The Morgan fingerprint density at radius 1 is 1.14 bits per heavy atom. The zero-order chi connectivity index (χ0) is 15.0. The molecule has 3 rings (SSSR count). The van der Waals surface area contributed by atoms with Crippen LogP contribution in [0.2, 0.25) is 0 Å². The molecule has 5 N–H and O–H groups in total. The van der Waals surface area contributed by atoms with Gasteiger partial charge >= 0.3 is 5.69 Å². The highest BCUT2D eigenvalue weighted by Gasteiger charge is 2.11. The number of hydrogen-bond acceptors (Lipinski definition) is 7. The highest BCUT2D eigenvalue weighted by molar-refractivity contribution is 5.69. The van der Waals surface area contributed by atoms with Crippen molar-refractivity contribution in [3.8, 4) is 0 Å². The van der Waals surface area contributed by atoms with E-state index in [1.165, 1.54) is 27.7 Å². The number of aromatic amines is 1. The molecule has 3 aromatic heterocycles. The van der Waals surface area contributed by atoms with Crippen molar-refractivity contribution in [2.75, 3.05) is 11.5 Å². The van der Waals surface area contributed by atoms with Crippen molar-refractivity contribution in [3.63, 3.8) is 0 Å². The first-order chi connectivity index (χ1) is 10.1. The topological polar surface area (TPSA) is 150 Å². The lowest BCUT2D eigenvalue weighted by atomic mass is 10.4. The number of hydrogen-bond donors (Lipinski definition) is 3. The van der Waals surface area contributed by atoms with Crippen molar-refractivity contribution in [2.45, 2.75) is 13.1 Å². The second-order valence-electron chi connectivity index (χ2n) is 4.33. The summed E-state index contributed by atoms with van der Waals surface area (Å²) in [6.07, 6.45) is 2.69. The molecule has 108 valence electrons. The Morgan fingerprint density at radius 3 is 2.67 bits per heavy atom. The Balaban J connectivity index is 1.99. The molecule has 10 nitrogen and oxygen atoms in total. The van der Waals surface area contributed by atoms with Gasteiger partial charge in [0, 0.05) is 19.3 Å². The minimum Gasteiger partial charge on any atom is -0.385 e. The highest BCUT2D eigenvalue weighted by atomic mass is 16.1. The van der Waals surface area contributed by atoms with Crippen LogP contribution < -0.4 is 22.7 Å². The first-order valence-corrected chi connectivity index (χ1v) is 6.08.